The number of thiophene rings is 1. The molecule has 2 aromatic heterocycles. The Morgan fingerprint density at radius 3 is 1.22 bits per heavy atom. The summed E-state index contributed by atoms with van der Waals surface area (Å²) in [6.45, 7) is 0. The molecule has 3 nitrogen and oxygen atoms in total. The lowest BCUT2D eigenvalue weighted by molar-refractivity contribution is 1.07. The Morgan fingerprint density at radius 2 is 0.711 bits per heavy atom. The summed E-state index contributed by atoms with van der Waals surface area (Å²) < 4.78 is 1.31. The monoisotopic (exact) mass is 593 g/mol. The van der Waals surface area contributed by atoms with E-state index in [1.807, 2.05) is 60.7 Å². The third-order valence-corrected chi connectivity index (χ3v) is 8.90. The maximum atomic E-state index is 4.93. The molecule has 8 aromatic rings. The molecule has 0 aliphatic heterocycles. The zero-order valence-electron chi connectivity index (χ0n) is 24.3. The van der Waals surface area contributed by atoms with E-state index in [0.29, 0.717) is 17.5 Å². The summed E-state index contributed by atoms with van der Waals surface area (Å²) in [5.74, 6) is 1.96. The maximum Gasteiger partial charge on any atom is 0.164 e. The third kappa shape index (κ3) is 5.55. The lowest BCUT2D eigenvalue weighted by Gasteiger charge is -2.11. The highest BCUT2D eigenvalue weighted by Crippen LogP contribution is 2.33. The van der Waals surface area contributed by atoms with Crippen LogP contribution in [-0.2, 0) is 0 Å². The topological polar surface area (TPSA) is 38.7 Å². The van der Waals surface area contributed by atoms with Gasteiger partial charge >= 0.3 is 0 Å². The van der Waals surface area contributed by atoms with Crippen molar-refractivity contribution in [3.63, 3.8) is 0 Å². The minimum Gasteiger partial charge on any atom is -0.208 e. The average molecular weight is 594 g/mol. The van der Waals surface area contributed by atoms with Crippen LogP contribution in [0.2, 0.25) is 0 Å². The molecule has 0 fully saturated rings. The molecule has 0 radical (unpaired) electrons. The molecule has 0 saturated heterocycles. The molecule has 2 heterocycles. The van der Waals surface area contributed by atoms with Gasteiger partial charge in [-0.25, -0.2) is 15.0 Å². The van der Waals surface area contributed by atoms with E-state index in [9.17, 15) is 0 Å². The Kier molecular flexibility index (Phi) is 7.02. The van der Waals surface area contributed by atoms with E-state index in [1.54, 1.807) is 11.3 Å². The van der Waals surface area contributed by atoms with Crippen LogP contribution in [0.3, 0.4) is 0 Å². The van der Waals surface area contributed by atoms with E-state index in [4.69, 9.17) is 15.0 Å². The first-order chi connectivity index (χ1) is 22.3. The van der Waals surface area contributed by atoms with Crippen molar-refractivity contribution in [1.29, 1.82) is 0 Å². The summed E-state index contributed by atoms with van der Waals surface area (Å²) >= 11 is 1.78. The molecule has 0 unspecified atom stereocenters. The summed E-state index contributed by atoms with van der Waals surface area (Å²) in [5.41, 5.74) is 9.92. The summed E-state index contributed by atoms with van der Waals surface area (Å²) in [6.07, 6.45) is 0. The Balaban J connectivity index is 1.16. The molecule has 0 spiro atoms. The molecule has 212 valence electrons. The lowest BCUT2D eigenvalue weighted by Crippen LogP contribution is -2.00. The van der Waals surface area contributed by atoms with Gasteiger partial charge in [0, 0.05) is 21.4 Å². The maximum absolute atomic E-state index is 4.93. The molecule has 6 aromatic carbocycles. The number of hydrogen-bond donors (Lipinski definition) is 0. The average Bonchev–Trinajstić information content (AvgIpc) is 3.61. The van der Waals surface area contributed by atoms with E-state index < -0.39 is 0 Å². The van der Waals surface area contributed by atoms with Gasteiger partial charge in [-0.05, 0) is 80.5 Å². The van der Waals surface area contributed by atoms with Crippen molar-refractivity contribution >= 4 is 21.4 Å². The normalized spacial score (nSPS) is 11.1. The quantitative estimate of drug-likeness (QED) is 0.192. The third-order valence-electron chi connectivity index (χ3n) is 8.00. The molecule has 45 heavy (non-hydrogen) atoms. The van der Waals surface area contributed by atoms with Crippen LogP contribution in [0, 0.1) is 0 Å². The highest BCUT2D eigenvalue weighted by atomic mass is 32.1. The minimum absolute atomic E-state index is 0.649. The fourth-order valence-electron chi connectivity index (χ4n) is 5.68. The van der Waals surface area contributed by atoms with Crippen molar-refractivity contribution in [3.8, 4) is 67.5 Å². The highest BCUT2D eigenvalue weighted by Gasteiger charge is 2.13. The van der Waals surface area contributed by atoms with Crippen LogP contribution in [0.5, 0.6) is 0 Å². The molecule has 0 aliphatic rings. The summed E-state index contributed by atoms with van der Waals surface area (Å²) in [5, 5.41) is 3.44. The number of benzene rings is 6. The summed E-state index contributed by atoms with van der Waals surface area (Å²) in [4.78, 5) is 14.7. The minimum atomic E-state index is 0.649. The molecule has 0 bridgehead atoms. The molecule has 0 amide bonds. The Labute approximate surface area is 266 Å². The van der Waals surface area contributed by atoms with Crippen LogP contribution in [0.4, 0.5) is 0 Å². The zero-order valence-corrected chi connectivity index (χ0v) is 25.2. The van der Waals surface area contributed by atoms with Gasteiger partial charge in [0.1, 0.15) is 0 Å². The predicted octanol–water partition coefficient (Wildman–Crippen LogP) is 11.1. The van der Waals surface area contributed by atoms with Crippen LogP contribution in [0.25, 0.3) is 77.6 Å². The number of nitrogens with zero attached hydrogens (tertiary/aromatic N) is 3. The number of fused-ring (bicyclic) bond motifs is 1. The fourth-order valence-corrected chi connectivity index (χ4v) is 6.45. The highest BCUT2D eigenvalue weighted by molar-refractivity contribution is 7.17. The van der Waals surface area contributed by atoms with Crippen molar-refractivity contribution in [2.75, 3.05) is 0 Å². The first kappa shape index (κ1) is 26.9. The Hall–Kier alpha value is -5.71. The van der Waals surface area contributed by atoms with E-state index in [-0.39, 0.29) is 0 Å². The molecule has 4 heteroatoms. The standard InChI is InChI=1S/C41H27N3S/c1-3-10-28(11-4-1)39-42-40(29-12-5-2-6-13-29)44-41(43-39)37-19-9-18-34(27-37)32-16-7-14-30(24-32)31-15-8-17-33(25-31)35-20-21-38-36(26-35)22-23-45-38/h1-27H. The van der Waals surface area contributed by atoms with Crippen LogP contribution in [0.1, 0.15) is 0 Å². The van der Waals surface area contributed by atoms with E-state index in [0.717, 1.165) is 27.8 Å². The summed E-state index contributed by atoms with van der Waals surface area (Å²) in [6, 6.07) is 55.1. The number of rotatable bonds is 6. The first-order valence-electron chi connectivity index (χ1n) is 14.9. The van der Waals surface area contributed by atoms with E-state index in [1.165, 1.54) is 32.3 Å². The van der Waals surface area contributed by atoms with Gasteiger partial charge in [-0.15, -0.1) is 11.3 Å². The van der Waals surface area contributed by atoms with Crippen LogP contribution < -0.4 is 0 Å². The van der Waals surface area contributed by atoms with Crippen LogP contribution in [0.15, 0.2) is 163 Å². The second-order valence-corrected chi connectivity index (χ2v) is 11.9. The second-order valence-electron chi connectivity index (χ2n) is 11.0. The van der Waals surface area contributed by atoms with Crippen molar-refractivity contribution < 1.29 is 0 Å². The summed E-state index contributed by atoms with van der Waals surface area (Å²) in [7, 11) is 0. The molecule has 0 N–H and O–H groups in total. The predicted molar refractivity (Wildman–Crippen MR) is 188 cm³/mol. The van der Waals surface area contributed by atoms with Crippen LogP contribution >= 0.6 is 11.3 Å². The molecule has 8 rings (SSSR count). The van der Waals surface area contributed by atoms with Gasteiger partial charge in [-0.2, -0.15) is 0 Å². The lowest BCUT2D eigenvalue weighted by atomic mass is 9.95. The van der Waals surface area contributed by atoms with Gasteiger partial charge in [0.25, 0.3) is 0 Å². The van der Waals surface area contributed by atoms with Gasteiger partial charge in [-0.1, -0.05) is 121 Å². The van der Waals surface area contributed by atoms with E-state index >= 15 is 0 Å². The zero-order chi connectivity index (χ0) is 30.0. The fraction of sp³-hybridized carbons (Fsp3) is 0. The van der Waals surface area contributed by atoms with Gasteiger partial charge in [-0.3, -0.25) is 0 Å². The largest absolute Gasteiger partial charge is 0.208 e. The second kappa shape index (κ2) is 11.8. The van der Waals surface area contributed by atoms with Gasteiger partial charge < -0.3 is 0 Å². The van der Waals surface area contributed by atoms with Crippen LogP contribution in [-0.4, -0.2) is 15.0 Å². The molecular formula is C41H27N3S. The van der Waals surface area contributed by atoms with Crippen molar-refractivity contribution in [1.82, 2.24) is 15.0 Å². The van der Waals surface area contributed by atoms with Crippen molar-refractivity contribution in [2.45, 2.75) is 0 Å². The first-order valence-corrected chi connectivity index (χ1v) is 15.8. The molecule has 0 aliphatic carbocycles. The van der Waals surface area contributed by atoms with E-state index in [2.05, 4.69) is 102 Å². The van der Waals surface area contributed by atoms with Crippen molar-refractivity contribution in [3.05, 3.63) is 163 Å². The van der Waals surface area contributed by atoms with Crippen molar-refractivity contribution in [2.24, 2.45) is 0 Å². The number of aromatic nitrogens is 3. The van der Waals surface area contributed by atoms with Gasteiger partial charge in [0.15, 0.2) is 17.5 Å². The molecule has 0 saturated carbocycles. The van der Waals surface area contributed by atoms with Gasteiger partial charge in [0.2, 0.25) is 0 Å². The SMILES string of the molecule is c1ccc(-c2nc(-c3ccccc3)nc(-c3cccc(-c4cccc(-c5cccc(-c6ccc7sccc7c6)c5)c4)c3)n2)cc1. The Bertz CT molecular complexity index is 2220. The smallest absolute Gasteiger partial charge is 0.164 e. The number of hydrogen-bond acceptors (Lipinski definition) is 4. The van der Waals surface area contributed by atoms with Gasteiger partial charge in [0.05, 0.1) is 0 Å². The molecule has 0 atom stereocenters. The molecular weight excluding hydrogens is 567 g/mol. The Morgan fingerprint density at radius 1 is 0.311 bits per heavy atom.